The predicted molar refractivity (Wildman–Crippen MR) is 69.1 cm³/mol. The molecule has 88 valence electrons. The van der Waals surface area contributed by atoms with Crippen molar-refractivity contribution >= 4 is 11.5 Å². The summed E-state index contributed by atoms with van der Waals surface area (Å²) in [5, 5.41) is 3.10. The van der Waals surface area contributed by atoms with Crippen molar-refractivity contribution in [1.29, 1.82) is 0 Å². The number of hydrogen-bond donors (Lipinski definition) is 1. The zero-order chi connectivity index (χ0) is 11.4. The van der Waals surface area contributed by atoms with Gasteiger partial charge in [-0.3, -0.25) is 0 Å². The number of nitrogens with zero attached hydrogens (tertiary/aromatic N) is 2. The van der Waals surface area contributed by atoms with Crippen LogP contribution in [0.1, 0.15) is 32.6 Å². The molecule has 1 saturated heterocycles. The molecule has 1 aromatic heterocycles. The monoisotopic (exact) mass is 219 g/mol. The lowest BCUT2D eigenvalue weighted by Gasteiger charge is -2.37. The molecular weight excluding hydrogens is 198 g/mol. The maximum absolute atomic E-state index is 4.27. The molecule has 1 N–H and O–H groups in total. The first-order valence-electron chi connectivity index (χ1n) is 6.25. The summed E-state index contributed by atoms with van der Waals surface area (Å²) >= 11 is 0. The third-order valence-corrected chi connectivity index (χ3v) is 3.43. The van der Waals surface area contributed by atoms with Crippen LogP contribution in [0.4, 0.5) is 11.5 Å². The third kappa shape index (κ3) is 2.29. The van der Waals surface area contributed by atoms with E-state index in [2.05, 4.69) is 34.3 Å². The molecule has 3 nitrogen and oxygen atoms in total. The molecule has 1 unspecified atom stereocenters. The van der Waals surface area contributed by atoms with Crippen molar-refractivity contribution in [3.63, 3.8) is 0 Å². The van der Waals surface area contributed by atoms with Crippen LogP contribution in [0.25, 0.3) is 0 Å². The van der Waals surface area contributed by atoms with Gasteiger partial charge in [-0.1, -0.05) is 6.92 Å². The van der Waals surface area contributed by atoms with Gasteiger partial charge in [-0.05, 0) is 31.7 Å². The van der Waals surface area contributed by atoms with Crippen molar-refractivity contribution in [2.24, 2.45) is 0 Å². The lowest BCUT2D eigenvalue weighted by molar-refractivity contribution is 0.450. The molecule has 0 aromatic carbocycles. The summed E-state index contributed by atoms with van der Waals surface area (Å²) < 4.78 is 0. The first-order chi connectivity index (χ1) is 7.85. The highest BCUT2D eigenvalue weighted by atomic mass is 15.2. The Hall–Kier alpha value is -1.25. The van der Waals surface area contributed by atoms with Crippen LogP contribution >= 0.6 is 0 Å². The Kier molecular flexibility index (Phi) is 3.65. The fourth-order valence-corrected chi connectivity index (χ4v) is 2.50. The quantitative estimate of drug-likeness (QED) is 0.847. The van der Waals surface area contributed by atoms with Crippen LogP contribution in [0.5, 0.6) is 0 Å². The molecule has 0 aliphatic carbocycles. The first kappa shape index (κ1) is 11.2. The normalized spacial score (nSPS) is 20.9. The fraction of sp³-hybridized carbons (Fsp3) is 0.615. The average Bonchev–Trinajstić information content (AvgIpc) is 2.38. The van der Waals surface area contributed by atoms with Crippen molar-refractivity contribution < 1.29 is 0 Å². The van der Waals surface area contributed by atoms with Gasteiger partial charge in [0, 0.05) is 37.6 Å². The molecule has 1 atom stereocenters. The van der Waals surface area contributed by atoms with Gasteiger partial charge < -0.3 is 10.2 Å². The molecule has 0 amide bonds. The summed E-state index contributed by atoms with van der Waals surface area (Å²) in [6.45, 7) is 3.47. The molecule has 0 radical (unpaired) electrons. The zero-order valence-electron chi connectivity index (χ0n) is 10.2. The van der Waals surface area contributed by atoms with Crippen LogP contribution in [0.3, 0.4) is 0 Å². The summed E-state index contributed by atoms with van der Waals surface area (Å²) in [5.74, 6) is 0.956. The number of anilines is 2. The molecule has 0 bridgehead atoms. The van der Waals surface area contributed by atoms with Crippen molar-refractivity contribution in [2.45, 2.75) is 38.6 Å². The van der Waals surface area contributed by atoms with E-state index in [1.807, 2.05) is 13.2 Å². The Morgan fingerprint density at radius 2 is 2.38 bits per heavy atom. The number of aromatic nitrogens is 1. The van der Waals surface area contributed by atoms with Crippen molar-refractivity contribution in [3.05, 3.63) is 18.3 Å². The largest absolute Gasteiger partial charge is 0.373 e. The van der Waals surface area contributed by atoms with E-state index in [9.17, 15) is 0 Å². The molecule has 2 heterocycles. The Morgan fingerprint density at radius 1 is 1.50 bits per heavy atom. The summed E-state index contributed by atoms with van der Waals surface area (Å²) in [6, 6.07) is 4.98. The van der Waals surface area contributed by atoms with Crippen LogP contribution in [-0.4, -0.2) is 24.6 Å². The molecule has 2 rings (SSSR count). The Labute approximate surface area is 97.9 Å². The highest BCUT2D eigenvalue weighted by Gasteiger charge is 2.21. The SMILES string of the molecule is CCC1CCCCN1c1ccnc(NC)c1. The third-order valence-electron chi connectivity index (χ3n) is 3.43. The molecule has 3 heteroatoms. The van der Waals surface area contributed by atoms with Gasteiger partial charge in [0.15, 0.2) is 0 Å². The summed E-state index contributed by atoms with van der Waals surface area (Å²) in [5.41, 5.74) is 1.31. The van der Waals surface area contributed by atoms with Gasteiger partial charge in [0.25, 0.3) is 0 Å². The van der Waals surface area contributed by atoms with E-state index in [0.717, 1.165) is 5.82 Å². The Balaban J connectivity index is 2.20. The second-order valence-corrected chi connectivity index (χ2v) is 4.40. The number of pyridine rings is 1. The molecule has 1 aromatic rings. The van der Waals surface area contributed by atoms with Crippen LogP contribution in [0.2, 0.25) is 0 Å². The van der Waals surface area contributed by atoms with Crippen LogP contribution in [0, 0.1) is 0 Å². The Bertz CT molecular complexity index is 338. The first-order valence-corrected chi connectivity index (χ1v) is 6.25. The van der Waals surface area contributed by atoms with E-state index in [1.54, 1.807) is 0 Å². The van der Waals surface area contributed by atoms with Crippen molar-refractivity contribution in [1.82, 2.24) is 4.98 Å². The smallest absolute Gasteiger partial charge is 0.127 e. The van der Waals surface area contributed by atoms with E-state index in [0.29, 0.717) is 6.04 Å². The second kappa shape index (κ2) is 5.19. The molecule has 0 saturated carbocycles. The van der Waals surface area contributed by atoms with E-state index in [4.69, 9.17) is 0 Å². The molecule has 0 spiro atoms. The van der Waals surface area contributed by atoms with E-state index < -0.39 is 0 Å². The van der Waals surface area contributed by atoms with E-state index in [1.165, 1.54) is 37.9 Å². The predicted octanol–water partition coefficient (Wildman–Crippen LogP) is 2.89. The molecular formula is C13H21N3. The highest BCUT2D eigenvalue weighted by molar-refractivity contribution is 5.54. The van der Waals surface area contributed by atoms with Crippen LogP contribution in [-0.2, 0) is 0 Å². The number of rotatable bonds is 3. The van der Waals surface area contributed by atoms with Gasteiger partial charge >= 0.3 is 0 Å². The van der Waals surface area contributed by atoms with Gasteiger partial charge in [-0.25, -0.2) is 4.98 Å². The highest BCUT2D eigenvalue weighted by Crippen LogP contribution is 2.27. The van der Waals surface area contributed by atoms with Gasteiger partial charge in [-0.2, -0.15) is 0 Å². The van der Waals surface area contributed by atoms with Gasteiger partial charge in [0.1, 0.15) is 5.82 Å². The molecule has 16 heavy (non-hydrogen) atoms. The summed E-state index contributed by atoms with van der Waals surface area (Å²) in [7, 11) is 1.92. The number of piperidine rings is 1. The van der Waals surface area contributed by atoms with Gasteiger partial charge in [0.05, 0.1) is 0 Å². The minimum absolute atomic E-state index is 0.709. The molecule has 1 aliphatic heterocycles. The Morgan fingerprint density at radius 3 is 3.12 bits per heavy atom. The number of nitrogens with one attached hydrogen (secondary N) is 1. The standard InChI is InChI=1S/C13H21N3/c1-3-11-6-4-5-9-16(11)12-7-8-15-13(10-12)14-2/h7-8,10-11H,3-6,9H2,1-2H3,(H,14,15). The second-order valence-electron chi connectivity index (χ2n) is 4.40. The van der Waals surface area contributed by atoms with E-state index >= 15 is 0 Å². The maximum Gasteiger partial charge on any atom is 0.127 e. The minimum Gasteiger partial charge on any atom is -0.373 e. The molecule has 1 fully saturated rings. The zero-order valence-corrected chi connectivity index (χ0v) is 10.2. The van der Waals surface area contributed by atoms with E-state index in [-0.39, 0.29) is 0 Å². The lowest BCUT2D eigenvalue weighted by atomic mass is 9.99. The average molecular weight is 219 g/mol. The van der Waals surface area contributed by atoms with Crippen molar-refractivity contribution in [2.75, 3.05) is 23.8 Å². The summed E-state index contributed by atoms with van der Waals surface area (Å²) in [6.07, 6.45) is 7.14. The fourth-order valence-electron chi connectivity index (χ4n) is 2.50. The van der Waals surface area contributed by atoms with Gasteiger partial charge in [0.2, 0.25) is 0 Å². The lowest BCUT2D eigenvalue weighted by Crippen LogP contribution is -2.39. The maximum atomic E-state index is 4.27. The number of hydrogen-bond acceptors (Lipinski definition) is 3. The van der Waals surface area contributed by atoms with Crippen molar-refractivity contribution in [3.8, 4) is 0 Å². The van der Waals surface area contributed by atoms with Crippen LogP contribution in [0.15, 0.2) is 18.3 Å². The topological polar surface area (TPSA) is 28.2 Å². The minimum atomic E-state index is 0.709. The van der Waals surface area contributed by atoms with Crippen LogP contribution < -0.4 is 10.2 Å². The molecule has 1 aliphatic rings. The summed E-state index contributed by atoms with van der Waals surface area (Å²) in [4.78, 5) is 6.80. The van der Waals surface area contributed by atoms with Gasteiger partial charge in [-0.15, -0.1) is 0 Å².